The van der Waals surface area contributed by atoms with Gasteiger partial charge in [-0.2, -0.15) is 0 Å². The number of hydrogen-bond donors (Lipinski definition) is 1. The molecule has 0 radical (unpaired) electrons. The summed E-state index contributed by atoms with van der Waals surface area (Å²) in [6.07, 6.45) is 6.66. The molecule has 1 amide bonds. The predicted octanol–water partition coefficient (Wildman–Crippen LogP) is 1.85. The topological polar surface area (TPSA) is 86.6 Å². The van der Waals surface area contributed by atoms with Gasteiger partial charge in [-0.1, -0.05) is 30.3 Å². The first kappa shape index (κ1) is 18.8. The van der Waals surface area contributed by atoms with Crippen LogP contribution >= 0.6 is 0 Å². The van der Waals surface area contributed by atoms with Gasteiger partial charge in [0.25, 0.3) is 0 Å². The number of hydrogen-bond acceptors (Lipinski definition) is 5. The highest BCUT2D eigenvalue weighted by molar-refractivity contribution is 5.85. The lowest BCUT2D eigenvalue weighted by atomic mass is 9.94. The molecule has 142 valence electrons. The molecule has 1 aliphatic rings. The second-order valence-corrected chi connectivity index (χ2v) is 6.82. The van der Waals surface area contributed by atoms with Crippen molar-refractivity contribution in [2.75, 3.05) is 25.0 Å². The SMILES string of the molecule is CN(C(=O)C1CCN(c2cnccn2)CC1)C(Cc1ccccc1)C(=O)O. The number of piperidine rings is 1. The van der Waals surface area contributed by atoms with Crippen molar-refractivity contribution in [3.8, 4) is 0 Å². The normalized spacial score (nSPS) is 16.0. The van der Waals surface area contributed by atoms with E-state index in [-0.39, 0.29) is 11.8 Å². The molecule has 1 unspecified atom stereocenters. The quantitative estimate of drug-likeness (QED) is 0.837. The summed E-state index contributed by atoms with van der Waals surface area (Å²) in [6, 6.07) is 8.54. The van der Waals surface area contributed by atoms with Crippen LogP contribution in [0.1, 0.15) is 18.4 Å². The Morgan fingerprint density at radius 1 is 1.22 bits per heavy atom. The molecule has 1 aromatic heterocycles. The molecule has 0 spiro atoms. The molecule has 0 saturated carbocycles. The lowest BCUT2D eigenvalue weighted by molar-refractivity contribution is -0.151. The number of anilines is 1. The van der Waals surface area contributed by atoms with E-state index in [9.17, 15) is 14.7 Å². The number of likely N-dealkylation sites (N-methyl/N-ethyl adjacent to an activating group) is 1. The maximum absolute atomic E-state index is 12.9. The molecule has 3 rings (SSSR count). The molecule has 1 aromatic carbocycles. The van der Waals surface area contributed by atoms with Crippen LogP contribution in [0.2, 0.25) is 0 Å². The maximum Gasteiger partial charge on any atom is 0.326 e. The van der Waals surface area contributed by atoms with Gasteiger partial charge in [0.1, 0.15) is 11.9 Å². The Morgan fingerprint density at radius 2 is 1.93 bits per heavy atom. The molecule has 7 nitrogen and oxygen atoms in total. The molecular weight excluding hydrogens is 344 g/mol. The fourth-order valence-corrected chi connectivity index (χ4v) is 3.48. The molecular formula is C20H24N4O3. The molecule has 0 bridgehead atoms. The Hall–Kier alpha value is -2.96. The maximum atomic E-state index is 12.9. The van der Waals surface area contributed by atoms with Crippen LogP contribution in [0.25, 0.3) is 0 Å². The Balaban J connectivity index is 1.61. The summed E-state index contributed by atoms with van der Waals surface area (Å²) in [5.74, 6) is -0.436. The molecule has 2 aromatic rings. The number of carbonyl (C=O) groups is 2. The van der Waals surface area contributed by atoms with E-state index in [1.807, 2.05) is 30.3 Å². The summed E-state index contributed by atoms with van der Waals surface area (Å²) in [5, 5.41) is 9.63. The highest BCUT2D eigenvalue weighted by Gasteiger charge is 2.33. The highest BCUT2D eigenvalue weighted by atomic mass is 16.4. The summed E-state index contributed by atoms with van der Waals surface area (Å²) >= 11 is 0. The summed E-state index contributed by atoms with van der Waals surface area (Å²) in [4.78, 5) is 36.5. The van der Waals surface area contributed by atoms with Crippen molar-refractivity contribution in [3.63, 3.8) is 0 Å². The molecule has 1 N–H and O–H groups in total. The van der Waals surface area contributed by atoms with Gasteiger partial charge in [0, 0.05) is 44.9 Å². The predicted molar refractivity (Wildman–Crippen MR) is 101 cm³/mol. The van der Waals surface area contributed by atoms with Gasteiger partial charge in [-0.3, -0.25) is 9.78 Å². The molecule has 2 heterocycles. The van der Waals surface area contributed by atoms with Crippen LogP contribution in [-0.4, -0.2) is 58.0 Å². The van der Waals surface area contributed by atoms with Crippen LogP contribution in [0.5, 0.6) is 0 Å². The van der Waals surface area contributed by atoms with Gasteiger partial charge in [-0.05, 0) is 18.4 Å². The van der Waals surface area contributed by atoms with Crippen molar-refractivity contribution in [1.82, 2.24) is 14.9 Å². The van der Waals surface area contributed by atoms with Gasteiger partial charge >= 0.3 is 5.97 Å². The summed E-state index contributed by atoms with van der Waals surface area (Å²) in [6.45, 7) is 1.42. The Bertz CT molecular complexity index is 761. The van der Waals surface area contributed by atoms with Gasteiger partial charge < -0.3 is 14.9 Å². The number of amides is 1. The fourth-order valence-electron chi connectivity index (χ4n) is 3.48. The molecule has 1 aliphatic heterocycles. The van der Waals surface area contributed by atoms with E-state index in [2.05, 4.69) is 14.9 Å². The second-order valence-electron chi connectivity index (χ2n) is 6.82. The molecule has 0 aliphatic carbocycles. The summed E-state index contributed by atoms with van der Waals surface area (Å²) in [5.41, 5.74) is 0.905. The van der Waals surface area contributed by atoms with Crippen LogP contribution in [0.4, 0.5) is 5.82 Å². The number of carboxylic acids is 1. The lowest BCUT2D eigenvalue weighted by Gasteiger charge is -2.35. The zero-order valence-corrected chi connectivity index (χ0v) is 15.4. The average molecular weight is 368 g/mol. The van der Waals surface area contributed by atoms with Gasteiger partial charge in [-0.15, -0.1) is 0 Å². The standard InChI is InChI=1S/C20H24N4O3/c1-23(17(20(26)27)13-15-5-3-2-4-6-15)19(25)16-7-11-24(12-8-16)18-14-21-9-10-22-18/h2-6,9-10,14,16-17H,7-8,11-13H2,1H3,(H,26,27). The van der Waals surface area contributed by atoms with E-state index in [0.717, 1.165) is 11.4 Å². The number of aromatic nitrogens is 2. The van der Waals surface area contributed by atoms with E-state index >= 15 is 0 Å². The van der Waals surface area contributed by atoms with Crippen molar-refractivity contribution in [2.24, 2.45) is 5.92 Å². The Kier molecular flexibility index (Phi) is 6.01. The van der Waals surface area contributed by atoms with E-state index in [0.29, 0.717) is 32.4 Å². The number of aliphatic carboxylic acids is 1. The van der Waals surface area contributed by atoms with Crippen molar-refractivity contribution < 1.29 is 14.7 Å². The Labute approximate surface area is 158 Å². The number of carbonyl (C=O) groups excluding carboxylic acids is 1. The zero-order valence-electron chi connectivity index (χ0n) is 15.4. The largest absolute Gasteiger partial charge is 0.480 e. The van der Waals surface area contributed by atoms with Gasteiger partial charge in [0.05, 0.1) is 6.20 Å². The van der Waals surface area contributed by atoms with Crippen molar-refractivity contribution in [3.05, 3.63) is 54.5 Å². The van der Waals surface area contributed by atoms with Crippen LogP contribution in [0.3, 0.4) is 0 Å². The van der Waals surface area contributed by atoms with Crippen molar-refractivity contribution >= 4 is 17.7 Å². The fraction of sp³-hybridized carbons (Fsp3) is 0.400. The van der Waals surface area contributed by atoms with Crippen LogP contribution in [-0.2, 0) is 16.0 Å². The first-order valence-electron chi connectivity index (χ1n) is 9.10. The van der Waals surface area contributed by atoms with E-state index in [1.165, 1.54) is 4.90 Å². The third-order valence-corrected chi connectivity index (χ3v) is 5.09. The minimum absolute atomic E-state index is 0.0999. The second kappa shape index (κ2) is 8.62. The summed E-state index contributed by atoms with van der Waals surface area (Å²) < 4.78 is 0. The number of rotatable bonds is 6. The zero-order chi connectivity index (χ0) is 19.2. The smallest absolute Gasteiger partial charge is 0.326 e. The Morgan fingerprint density at radius 3 is 2.52 bits per heavy atom. The number of carboxylic acid groups (broad SMARTS) is 1. The van der Waals surface area contributed by atoms with Gasteiger partial charge in [0.15, 0.2) is 0 Å². The molecule has 1 atom stereocenters. The van der Waals surface area contributed by atoms with Crippen LogP contribution in [0, 0.1) is 5.92 Å². The molecule has 7 heteroatoms. The van der Waals surface area contributed by atoms with Crippen LogP contribution in [0.15, 0.2) is 48.9 Å². The monoisotopic (exact) mass is 368 g/mol. The average Bonchev–Trinajstić information content (AvgIpc) is 2.72. The highest BCUT2D eigenvalue weighted by Crippen LogP contribution is 2.23. The van der Waals surface area contributed by atoms with E-state index < -0.39 is 12.0 Å². The minimum Gasteiger partial charge on any atom is -0.480 e. The van der Waals surface area contributed by atoms with E-state index in [1.54, 1.807) is 25.6 Å². The minimum atomic E-state index is -0.980. The first-order chi connectivity index (χ1) is 13.1. The first-order valence-corrected chi connectivity index (χ1v) is 9.10. The van der Waals surface area contributed by atoms with Crippen LogP contribution < -0.4 is 4.90 Å². The third-order valence-electron chi connectivity index (χ3n) is 5.09. The van der Waals surface area contributed by atoms with E-state index in [4.69, 9.17) is 0 Å². The lowest BCUT2D eigenvalue weighted by Crippen LogP contribution is -2.48. The molecule has 1 fully saturated rings. The molecule has 1 saturated heterocycles. The molecule has 27 heavy (non-hydrogen) atoms. The summed E-state index contributed by atoms with van der Waals surface area (Å²) in [7, 11) is 1.60. The van der Waals surface area contributed by atoms with Crippen molar-refractivity contribution in [2.45, 2.75) is 25.3 Å². The third kappa shape index (κ3) is 4.61. The number of nitrogens with zero attached hydrogens (tertiary/aromatic N) is 4. The number of benzene rings is 1. The van der Waals surface area contributed by atoms with Gasteiger partial charge in [0.2, 0.25) is 5.91 Å². The van der Waals surface area contributed by atoms with Crippen molar-refractivity contribution in [1.29, 1.82) is 0 Å². The van der Waals surface area contributed by atoms with Gasteiger partial charge in [-0.25, -0.2) is 9.78 Å².